The highest BCUT2D eigenvalue weighted by Crippen LogP contribution is 2.23. The SMILES string of the molecule is CCn1ccc2ccc(NC(=O)N3CC[C@@H]([C@@H](C)O)C3)cc21. The highest BCUT2D eigenvalue weighted by atomic mass is 16.3. The van der Waals surface area contributed by atoms with E-state index >= 15 is 0 Å². The first-order valence-corrected chi connectivity index (χ1v) is 7.91. The summed E-state index contributed by atoms with van der Waals surface area (Å²) in [5, 5.41) is 13.8. The van der Waals surface area contributed by atoms with Gasteiger partial charge < -0.3 is 19.9 Å². The van der Waals surface area contributed by atoms with E-state index in [1.807, 2.05) is 18.2 Å². The molecule has 0 radical (unpaired) electrons. The van der Waals surface area contributed by atoms with Crippen LogP contribution in [0.15, 0.2) is 30.5 Å². The van der Waals surface area contributed by atoms with E-state index in [1.54, 1.807) is 11.8 Å². The number of carbonyl (C=O) groups excluding carboxylic acids is 1. The molecule has 1 aromatic heterocycles. The second-order valence-electron chi connectivity index (χ2n) is 6.04. The summed E-state index contributed by atoms with van der Waals surface area (Å²) in [6.45, 7) is 6.12. The number of nitrogens with zero attached hydrogens (tertiary/aromatic N) is 2. The molecule has 5 heteroatoms. The number of fused-ring (bicyclic) bond motifs is 1. The van der Waals surface area contributed by atoms with E-state index in [0.29, 0.717) is 13.1 Å². The lowest BCUT2D eigenvalue weighted by Gasteiger charge is -2.18. The van der Waals surface area contributed by atoms with Gasteiger partial charge in [0.15, 0.2) is 0 Å². The van der Waals surface area contributed by atoms with Crippen LogP contribution in [-0.2, 0) is 6.54 Å². The normalized spacial score (nSPS) is 19.6. The number of aromatic nitrogens is 1. The lowest BCUT2D eigenvalue weighted by atomic mass is 10.0. The summed E-state index contributed by atoms with van der Waals surface area (Å²) in [6.07, 6.45) is 2.56. The van der Waals surface area contributed by atoms with E-state index < -0.39 is 0 Å². The third kappa shape index (κ3) is 2.81. The predicted octanol–water partition coefficient (Wildman–Crippen LogP) is 2.90. The van der Waals surface area contributed by atoms with Crippen molar-refractivity contribution in [1.82, 2.24) is 9.47 Å². The number of amides is 2. The largest absolute Gasteiger partial charge is 0.393 e. The van der Waals surface area contributed by atoms with Crippen LogP contribution in [0.25, 0.3) is 10.9 Å². The van der Waals surface area contributed by atoms with Crippen LogP contribution in [0.3, 0.4) is 0 Å². The summed E-state index contributed by atoms with van der Waals surface area (Å²) < 4.78 is 2.16. The zero-order valence-corrected chi connectivity index (χ0v) is 13.1. The van der Waals surface area contributed by atoms with Crippen molar-refractivity contribution in [2.45, 2.75) is 32.9 Å². The van der Waals surface area contributed by atoms with Crippen LogP contribution in [0.5, 0.6) is 0 Å². The molecule has 0 bridgehead atoms. The molecule has 2 amide bonds. The first-order valence-electron chi connectivity index (χ1n) is 7.91. The molecule has 0 aliphatic carbocycles. The average molecular weight is 301 g/mol. The summed E-state index contributed by atoms with van der Waals surface area (Å²) in [7, 11) is 0. The van der Waals surface area contributed by atoms with Gasteiger partial charge in [-0.1, -0.05) is 6.07 Å². The van der Waals surface area contributed by atoms with Crippen LogP contribution >= 0.6 is 0 Å². The van der Waals surface area contributed by atoms with Crippen molar-refractivity contribution in [3.8, 4) is 0 Å². The molecule has 0 unspecified atom stereocenters. The zero-order valence-electron chi connectivity index (χ0n) is 13.1. The van der Waals surface area contributed by atoms with E-state index in [1.165, 1.54) is 5.39 Å². The number of aliphatic hydroxyl groups excluding tert-OH is 1. The van der Waals surface area contributed by atoms with Gasteiger partial charge in [-0.15, -0.1) is 0 Å². The van der Waals surface area contributed by atoms with Gasteiger partial charge in [0, 0.05) is 37.4 Å². The maximum absolute atomic E-state index is 12.3. The van der Waals surface area contributed by atoms with Gasteiger partial charge in [-0.3, -0.25) is 0 Å². The summed E-state index contributed by atoms with van der Waals surface area (Å²) in [5.41, 5.74) is 1.94. The number of rotatable bonds is 3. The standard InChI is InChI=1S/C17H23N3O2/c1-3-19-8-6-13-4-5-15(10-16(13)19)18-17(22)20-9-7-14(11-20)12(2)21/h4-6,8,10,12,14,21H,3,7,9,11H2,1-2H3,(H,18,22)/t12-,14-/m1/s1. The molecule has 0 saturated carbocycles. The maximum atomic E-state index is 12.3. The zero-order chi connectivity index (χ0) is 15.7. The third-order valence-electron chi connectivity index (χ3n) is 4.56. The monoisotopic (exact) mass is 301 g/mol. The van der Waals surface area contributed by atoms with Gasteiger partial charge in [-0.25, -0.2) is 4.79 Å². The van der Waals surface area contributed by atoms with Crippen molar-refractivity contribution in [1.29, 1.82) is 0 Å². The van der Waals surface area contributed by atoms with Gasteiger partial charge in [0.1, 0.15) is 0 Å². The molecule has 3 rings (SSSR count). The van der Waals surface area contributed by atoms with E-state index in [0.717, 1.165) is 24.2 Å². The molecular formula is C17H23N3O2. The number of benzene rings is 1. The number of aryl methyl sites for hydroxylation is 1. The van der Waals surface area contributed by atoms with E-state index in [2.05, 4.69) is 29.1 Å². The Morgan fingerprint density at radius 3 is 2.95 bits per heavy atom. The minimum Gasteiger partial charge on any atom is -0.393 e. The molecule has 118 valence electrons. The molecule has 2 atom stereocenters. The number of aliphatic hydroxyl groups is 1. The van der Waals surface area contributed by atoms with Gasteiger partial charge in [0.2, 0.25) is 0 Å². The molecule has 2 heterocycles. The average Bonchev–Trinajstić information content (AvgIpc) is 3.13. The number of anilines is 1. The molecule has 1 fully saturated rings. The molecule has 22 heavy (non-hydrogen) atoms. The number of nitrogens with one attached hydrogen (secondary N) is 1. The Morgan fingerprint density at radius 1 is 1.45 bits per heavy atom. The first-order chi connectivity index (χ1) is 10.6. The number of hydrogen-bond acceptors (Lipinski definition) is 2. The van der Waals surface area contributed by atoms with Crippen LogP contribution in [0.2, 0.25) is 0 Å². The minimum absolute atomic E-state index is 0.0860. The van der Waals surface area contributed by atoms with Crippen molar-refractivity contribution in [2.75, 3.05) is 18.4 Å². The quantitative estimate of drug-likeness (QED) is 0.916. The van der Waals surface area contributed by atoms with E-state index in [-0.39, 0.29) is 18.1 Å². The minimum atomic E-state index is -0.359. The highest BCUT2D eigenvalue weighted by molar-refractivity contribution is 5.93. The Balaban J connectivity index is 1.71. The second kappa shape index (κ2) is 6.01. The molecule has 1 aliphatic rings. The summed E-state index contributed by atoms with van der Waals surface area (Å²) in [6, 6.07) is 7.97. The molecule has 2 aromatic rings. The molecule has 0 spiro atoms. The number of likely N-dealkylation sites (tertiary alicyclic amines) is 1. The Hall–Kier alpha value is -2.01. The number of carbonyl (C=O) groups is 1. The summed E-state index contributed by atoms with van der Waals surface area (Å²) >= 11 is 0. The maximum Gasteiger partial charge on any atom is 0.321 e. The van der Waals surface area contributed by atoms with Crippen molar-refractivity contribution in [2.24, 2.45) is 5.92 Å². The third-order valence-corrected chi connectivity index (χ3v) is 4.56. The van der Waals surface area contributed by atoms with Crippen molar-refractivity contribution in [3.05, 3.63) is 30.5 Å². The predicted molar refractivity (Wildman–Crippen MR) is 88.0 cm³/mol. The van der Waals surface area contributed by atoms with Crippen molar-refractivity contribution < 1.29 is 9.90 Å². The molecule has 2 N–H and O–H groups in total. The number of hydrogen-bond donors (Lipinski definition) is 2. The van der Waals surface area contributed by atoms with Gasteiger partial charge in [0.05, 0.1) is 11.6 Å². The fourth-order valence-corrected chi connectivity index (χ4v) is 3.11. The van der Waals surface area contributed by atoms with Crippen molar-refractivity contribution >= 4 is 22.6 Å². The summed E-state index contributed by atoms with van der Waals surface area (Å²) in [5.74, 6) is 0.186. The lowest BCUT2D eigenvalue weighted by molar-refractivity contribution is 0.130. The van der Waals surface area contributed by atoms with Crippen LogP contribution < -0.4 is 5.32 Å². The van der Waals surface area contributed by atoms with E-state index in [9.17, 15) is 9.90 Å². The van der Waals surface area contributed by atoms with Crippen LogP contribution in [0.4, 0.5) is 10.5 Å². The highest BCUT2D eigenvalue weighted by Gasteiger charge is 2.29. The number of urea groups is 1. The topological polar surface area (TPSA) is 57.5 Å². The Kier molecular flexibility index (Phi) is 4.07. The molecular weight excluding hydrogens is 278 g/mol. The van der Waals surface area contributed by atoms with Crippen molar-refractivity contribution in [3.63, 3.8) is 0 Å². The Bertz CT molecular complexity index is 678. The van der Waals surface area contributed by atoms with E-state index in [4.69, 9.17) is 0 Å². The smallest absolute Gasteiger partial charge is 0.321 e. The first kappa shape index (κ1) is 14.9. The van der Waals surface area contributed by atoms with Gasteiger partial charge in [-0.05, 0) is 43.9 Å². The second-order valence-corrected chi connectivity index (χ2v) is 6.04. The van der Waals surface area contributed by atoms with Crippen LogP contribution in [0.1, 0.15) is 20.3 Å². The molecule has 1 saturated heterocycles. The van der Waals surface area contributed by atoms with Crippen LogP contribution in [-0.4, -0.2) is 39.8 Å². The lowest BCUT2D eigenvalue weighted by Crippen LogP contribution is -2.34. The molecule has 1 aliphatic heterocycles. The fraction of sp³-hybridized carbons (Fsp3) is 0.471. The Morgan fingerprint density at radius 2 is 2.27 bits per heavy atom. The van der Waals surface area contributed by atoms with Crippen LogP contribution in [0, 0.1) is 5.92 Å². The molecule has 1 aromatic carbocycles. The Labute approximate surface area is 130 Å². The molecule has 5 nitrogen and oxygen atoms in total. The fourth-order valence-electron chi connectivity index (χ4n) is 3.11. The summed E-state index contributed by atoms with van der Waals surface area (Å²) in [4.78, 5) is 14.1. The van der Waals surface area contributed by atoms with Gasteiger partial charge in [0.25, 0.3) is 0 Å². The van der Waals surface area contributed by atoms with Gasteiger partial charge in [-0.2, -0.15) is 0 Å². The van der Waals surface area contributed by atoms with Gasteiger partial charge >= 0.3 is 6.03 Å².